The zero-order valence-electron chi connectivity index (χ0n) is 15.7. The smallest absolute Gasteiger partial charge is 0.263 e. The van der Waals surface area contributed by atoms with Gasteiger partial charge in [0.2, 0.25) is 0 Å². The summed E-state index contributed by atoms with van der Waals surface area (Å²) in [5, 5.41) is 4.20. The Balaban J connectivity index is 1.35. The minimum Gasteiger partial charge on any atom is -0.481 e. The lowest BCUT2D eigenvalue weighted by molar-refractivity contribution is -0.138. The molecule has 1 saturated heterocycles. The molecule has 28 heavy (non-hydrogen) atoms. The van der Waals surface area contributed by atoms with Crippen LogP contribution >= 0.6 is 0 Å². The largest absolute Gasteiger partial charge is 0.481 e. The van der Waals surface area contributed by atoms with Gasteiger partial charge in [-0.25, -0.2) is 14.6 Å². The summed E-state index contributed by atoms with van der Waals surface area (Å²) in [4.78, 5) is 25.3. The van der Waals surface area contributed by atoms with Gasteiger partial charge in [0.25, 0.3) is 5.91 Å². The van der Waals surface area contributed by atoms with Crippen molar-refractivity contribution in [1.29, 1.82) is 0 Å². The van der Waals surface area contributed by atoms with E-state index in [1.165, 1.54) is 0 Å². The molecule has 2 aromatic heterocycles. The van der Waals surface area contributed by atoms with Crippen LogP contribution in [-0.2, 0) is 4.79 Å². The van der Waals surface area contributed by atoms with E-state index in [-0.39, 0.29) is 5.91 Å². The van der Waals surface area contributed by atoms with Gasteiger partial charge in [-0.3, -0.25) is 4.79 Å². The molecule has 1 atom stereocenters. The predicted molar refractivity (Wildman–Crippen MR) is 104 cm³/mol. The Labute approximate surface area is 163 Å². The zero-order chi connectivity index (χ0) is 19.3. The van der Waals surface area contributed by atoms with E-state index in [1.807, 2.05) is 53.6 Å². The third kappa shape index (κ3) is 3.95. The van der Waals surface area contributed by atoms with E-state index in [2.05, 4.69) is 20.0 Å². The lowest BCUT2D eigenvalue weighted by atomic mass is 10.2. The van der Waals surface area contributed by atoms with Crippen LogP contribution in [0, 0.1) is 0 Å². The van der Waals surface area contributed by atoms with Crippen molar-refractivity contribution in [3.63, 3.8) is 0 Å². The van der Waals surface area contributed by atoms with Crippen LogP contribution in [0.15, 0.2) is 61.2 Å². The quantitative estimate of drug-likeness (QED) is 0.674. The Morgan fingerprint density at radius 2 is 1.79 bits per heavy atom. The Hall–Kier alpha value is -3.42. The molecular formula is C20H22N6O2. The number of ether oxygens (including phenoxy) is 1. The van der Waals surface area contributed by atoms with E-state index in [0.29, 0.717) is 31.9 Å². The average Bonchev–Trinajstić information content (AvgIpc) is 3.29. The van der Waals surface area contributed by atoms with Gasteiger partial charge in [0.15, 0.2) is 11.9 Å². The van der Waals surface area contributed by atoms with Crippen molar-refractivity contribution in [2.45, 2.75) is 13.0 Å². The second-order valence-electron chi connectivity index (χ2n) is 6.57. The number of amides is 1. The van der Waals surface area contributed by atoms with Crippen molar-refractivity contribution in [1.82, 2.24) is 24.6 Å². The van der Waals surface area contributed by atoms with E-state index in [4.69, 9.17) is 4.74 Å². The molecule has 3 heterocycles. The van der Waals surface area contributed by atoms with Gasteiger partial charge in [0.1, 0.15) is 17.9 Å². The molecule has 1 aliphatic rings. The number of carbonyl (C=O) groups excluding carboxylic acids is 1. The molecule has 0 aliphatic carbocycles. The van der Waals surface area contributed by atoms with Gasteiger partial charge in [0, 0.05) is 44.6 Å². The molecule has 144 valence electrons. The molecule has 0 saturated carbocycles. The SMILES string of the molecule is CC(Oc1ccccc1)C(=O)N1CCN(c2cc(-n3cccn3)ncn2)CC1. The molecule has 4 rings (SSSR count). The molecule has 3 aromatic rings. The van der Waals surface area contributed by atoms with Crippen LogP contribution in [0.5, 0.6) is 5.75 Å². The highest BCUT2D eigenvalue weighted by atomic mass is 16.5. The molecule has 1 aliphatic heterocycles. The first-order chi connectivity index (χ1) is 13.7. The maximum atomic E-state index is 12.7. The number of rotatable bonds is 5. The van der Waals surface area contributed by atoms with Gasteiger partial charge in [-0.2, -0.15) is 5.10 Å². The fraction of sp³-hybridized carbons (Fsp3) is 0.300. The Morgan fingerprint density at radius 3 is 2.50 bits per heavy atom. The Kier molecular flexibility index (Phi) is 5.18. The molecule has 1 unspecified atom stereocenters. The van der Waals surface area contributed by atoms with Gasteiger partial charge in [-0.1, -0.05) is 18.2 Å². The third-order valence-electron chi connectivity index (χ3n) is 4.70. The predicted octanol–water partition coefficient (Wildman–Crippen LogP) is 1.78. The van der Waals surface area contributed by atoms with Crippen molar-refractivity contribution >= 4 is 11.7 Å². The summed E-state index contributed by atoms with van der Waals surface area (Å²) in [6.45, 7) is 4.46. The van der Waals surface area contributed by atoms with Crippen LogP contribution in [-0.4, -0.2) is 62.8 Å². The van der Waals surface area contributed by atoms with Gasteiger partial charge in [0.05, 0.1) is 0 Å². The second kappa shape index (κ2) is 8.08. The molecule has 0 bridgehead atoms. The van der Waals surface area contributed by atoms with Crippen LogP contribution in [0.2, 0.25) is 0 Å². The fourth-order valence-corrected chi connectivity index (χ4v) is 3.21. The minimum absolute atomic E-state index is 0.00317. The highest BCUT2D eigenvalue weighted by molar-refractivity contribution is 5.81. The van der Waals surface area contributed by atoms with E-state index in [9.17, 15) is 4.79 Å². The van der Waals surface area contributed by atoms with Gasteiger partial charge < -0.3 is 14.5 Å². The van der Waals surface area contributed by atoms with Crippen LogP contribution < -0.4 is 9.64 Å². The maximum absolute atomic E-state index is 12.7. The first kappa shape index (κ1) is 18.0. The van der Waals surface area contributed by atoms with E-state index in [0.717, 1.165) is 11.6 Å². The van der Waals surface area contributed by atoms with Crippen LogP contribution in [0.3, 0.4) is 0 Å². The number of hydrogen-bond donors (Lipinski definition) is 0. The molecule has 8 nitrogen and oxygen atoms in total. The monoisotopic (exact) mass is 378 g/mol. The van der Waals surface area contributed by atoms with E-state index < -0.39 is 6.10 Å². The molecular weight excluding hydrogens is 356 g/mol. The van der Waals surface area contributed by atoms with Crippen molar-refractivity contribution in [3.8, 4) is 11.6 Å². The molecule has 8 heteroatoms. The summed E-state index contributed by atoms with van der Waals surface area (Å²) in [7, 11) is 0. The molecule has 0 N–H and O–H groups in total. The van der Waals surface area contributed by atoms with E-state index in [1.54, 1.807) is 24.1 Å². The highest BCUT2D eigenvalue weighted by Crippen LogP contribution is 2.17. The third-order valence-corrected chi connectivity index (χ3v) is 4.70. The number of anilines is 1. The summed E-state index contributed by atoms with van der Waals surface area (Å²) < 4.78 is 7.46. The van der Waals surface area contributed by atoms with Crippen molar-refractivity contribution < 1.29 is 9.53 Å². The Bertz CT molecular complexity index is 907. The average molecular weight is 378 g/mol. The van der Waals surface area contributed by atoms with Crippen LogP contribution in [0.4, 0.5) is 5.82 Å². The maximum Gasteiger partial charge on any atom is 0.263 e. The number of nitrogens with zero attached hydrogens (tertiary/aromatic N) is 6. The number of aromatic nitrogens is 4. The molecule has 0 spiro atoms. The minimum atomic E-state index is -0.514. The zero-order valence-corrected chi connectivity index (χ0v) is 15.7. The first-order valence-corrected chi connectivity index (χ1v) is 9.28. The second-order valence-corrected chi connectivity index (χ2v) is 6.57. The number of carbonyl (C=O) groups is 1. The van der Waals surface area contributed by atoms with Gasteiger partial charge in [-0.05, 0) is 25.1 Å². The molecule has 1 amide bonds. The van der Waals surface area contributed by atoms with Crippen molar-refractivity contribution in [2.24, 2.45) is 0 Å². The molecule has 1 fully saturated rings. The Morgan fingerprint density at radius 1 is 1.04 bits per heavy atom. The standard InChI is InChI=1S/C20H22N6O2/c1-16(28-17-6-3-2-4-7-17)20(27)25-12-10-24(11-13-25)18-14-19(22-15-21-18)26-9-5-8-23-26/h2-9,14-16H,10-13H2,1H3. The number of hydrogen-bond acceptors (Lipinski definition) is 6. The summed E-state index contributed by atoms with van der Waals surface area (Å²) in [5.41, 5.74) is 0. The fourth-order valence-electron chi connectivity index (χ4n) is 3.21. The molecule has 0 radical (unpaired) electrons. The molecule has 1 aromatic carbocycles. The lowest BCUT2D eigenvalue weighted by Gasteiger charge is -2.36. The van der Waals surface area contributed by atoms with Gasteiger partial charge >= 0.3 is 0 Å². The summed E-state index contributed by atoms with van der Waals surface area (Å²) in [6.07, 6.45) is 4.58. The highest BCUT2D eigenvalue weighted by Gasteiger charge is 2.26. The van der Waals surface area contributed by atoms with Gasteiger partial charge in [-0.15, -0.1) is 0 Å². The van der Waals surface area contributed by atoms with Crippen molar-refractivity contribution in [2.75, 3.05) is 31.1 Å². The first-order valence-electron chi connectivity index (χ1n) is 9.28. The van der Waals surface area contributed by atoms with Crippen molar-refractivity contribution in [3.05, 3.63) is 61.2 Å². The number of para-hydroxylation sites is 1. The topological polar surface area (TPSA) is 76.4 Å². The number of benzene rings is 1. The number of piperazine rings is 1. The lowest BCUT2D eigenvalue weighted by Crippen LogP contribution is -2.52. The summed E-state index contributed by atoms with van der Waals surface area (Å²) in [5.74, 6) is 2.26. The van der Waals surface area contributed by atoms with Crippen LogP contribution in [0.1, 0.15) is 6.92 Å². The van der Waals surface area contributed by atoms with E-state index >= 15 is 0 Å². The normalized spacial score (nSPS) is 15.3. The summed E-state index contributed by atoms with van der Waals surface area (Å²) in [6, 6.07) is 13.2. The summed E-state index contributed by atoms with van der Waals surface area (Å²) >= 11 is 0. The van der Waals surface area contributed by atoms with Crippen LogP contribution in [0.25, 0.3) is 5.82 Å².